The molecule has 1 rings (SSSR count). The lowest BCUT2D eigenvalue weighted by molar-refractivity contribution is -0.117. The average molecular weight is 250 g/mol. The summed E-state index contributed by atoms with van der Waals surface area (Å²) in [6, 6.07) is 0. The molecule has 0 spiro atoms. The number of nitrogens with zero attached hydrogens (tertiary/aromatic N) is 1. The maximum absolute atomic E-state index is 12.1. The van der Waals surface area contributed by atoms with Crippen LogP contribution in [0.1, 0.15) is 41.0 Å². The summed E-state index contributed by atoms with van der Waals surface area (Å²) in [6.45, 7) is 14.2. The van der Waals surface area contributed by atoms with E-state index in [-0.39, 0.29) is 5.91 Å². The average Bonchev–Trinajstić information content (AvgIpc) is 2.59. The number of carbonyl (C=O) groups is 1. The number of carbonyl (C=O) groups excluding carboxylic acids is 1. The number of nitrogens with one attached hydrogen (secondary N) is 1. The van der Waals surface area contributed by atoms with Crippen molar-refractivity contribution in [1.82, 2.24) is 10.2 Å². The first-order valence-corrected chi connectivity index (χ1v) is 6.88. The van der Waals surface area contributed by atoms with Gasteiger partial charge in [-0.3, -0.25) is 4.79 Å². The zero-order valence-corrected chi connectivity index (χ0v) is 12.4. The molecular formula is C15H26N2O. The molecule has 3 nitrogen and oxygen atoms in total. The quantitative estimate of drug-likeness (QED) is 0.785. The molecule has 1 aliphatic rings. The van der Waals surface area contributed by atoms with Crippen LogP contribution in [0.2, 0.25) is 0 Å². The van der Waals surface area contributed by atoms with Crippen molar-refractivity contribution < 1.29 is 4.79 Å². The van der Waals surface area contributed by atoms with E-state index in [1.165, 1.54) is 11.1 Å². The van der Waals surface area contributed by atoms with E-state index in [0.717, 1.165) is 43.7 Å². The number of rotatable bonds is 6. The van der Waals surface area contributed by atoms with Crippen LogP contribution in [0.3, 0.4) is 0 Å². The zero-order valence-electron chi connectivity index (χ0n) is 12.4. The summed E-state index contributed by atoms with van der Waals surface area (Å²) in [5.41, 5.74) is 4.59. The van der Waals surface area contributed by atoms with Crippen molar-refractivity contribution >= 4 is 5.91 Å². The van der Waals surface area contributed by atoms with E-state index < -0.39 is 0 Å². The van der Waals surface area contributed by atoms with E-state index in [1.807, 2.05) is 6.92 Å². The van der Waals surface area contributed by atoms with Crippen LogP contribution >= 0.6 is 0 Å². The van der Waals surface area contributed by atoms with Crippen molar-refractivity contribution in [2.75, 3.05) is 26.2 Å². The van der Waals surface area contributed by atoms with Gasteiger partial charge in [0.1, 0.15) is 0 Å². The van der Waals surface area contributed by atoms with Gasteiger partial charge in [-0.1, -0.05) is 25.0 Å². The summed E-state index contributed by atoms with van der Waals surface area (Å²) < 4.78 is 0. The Morgan fingerprint density at radius 2 is 1.78 bits per heavy atom. The number of allylic oxidation sites excluding steroid dienone is 2. The van der Waals surface area contributed by atoms with E-state index >= 15 is 0 Å². The van der Waals surface area contributed by atoms with Gasteiger partial charge in [0.05, 0.1) is 0 Å². The Bertz CT molecular complexity index is 376. The fourth-order valence-electron chi connectivity index (χ4n) is 2.47. The summed E-state index contributed by atoms with van der Waals surface area (Å²) >= 11 is 0. The highest BCUT2D eigenvalue weighted by Crippen LogP contribution is 2.31. The maximum Gasteiger partial charge on any atom is 0.251 e. The summed E-state index contributed by atoms with van der Waals surface area (Å²) in [5.74, 6) is 0.0917. The van der Waals surface area contributed by atoms with E-state index in [2.05, 4.69) is 37.9 Å². The van der Waals surface area contributed by atoms with Gasteiger partial charge >= 0.3 is 0 Å². The Kier molecular flexibility index (Phi) is 5.60. The van der Waals surface area contributed by atoms with Crippen LogP contribution in [0.5, 0.6) is 0 Å². The molecule has 1 N–H and O–H groups in total. The van der Waals surface area contributed by atoms with Gasteiger partial charge in [0.25, 0.3) is 5.91 Å². The molecule has 0 saturated carbocycles. The molecule has 0 saturated heterocycles. The summed E-state index contributed by atoms with van der Waals surface area (Å²) in [5, 5.41) is 3.03. The predicted molar refractivity (Wildman–Crippen MR) is 76.5 cm³/mol. The smallest absolute Gasteiger partial charge is 0.251 e. The SMILES string of the molecule is CCN(CC)CCNC(=O)C1=C(C)CC(C)=C1C. The Labute approximate surface area is 111 Å². The second-order valence-electron chi connectivity index (χ2n) is 5.02. The van der Waals surface area contributed by atoms with Gasteiger partial charge in [0, 0.05) is 18.7 Å². The Morgan fingerprint density at radius 3 is 2.22 bits per heavy atom. The monoisotopic (exact) mass is 250 g/mol. The molecule has 3 heteroatoms. The van der Waals surface area contributed by atoms with Gasteiger partial charge in [-0.05, 0) is 45.9 Å². The Hall–Kier alpha value is -1.09. The molecule has 1 amide bonds. The lowest BCUT2D eigenvalue weighted by atomic mass is 10.1. The van der Waals surface area contributed by atoms with Crippen molar-refractivity contribution in [3.05, 3.63) is 22.3 Å². The minimum absolute atomic E-state index is 0.0917. The van der Waals surface area contributed by atoms with Crippen LogP contribution in [-0.2, 0) is 4.79 Å². The third-order valence-corrected chi connectivity index (χ3v) is 3.81. The van der Waals surface area contributed by atoms with Crippen LogP contribution in [0.4, 0.5) is 0 Å². The second kappa shape index (κ2) is 6.74. The van der Waals surface area contributed by atoms with Crippen molar-refractivity contribution in [2.45, 2.75) is 41.0 Å². The van der Waals surface area contributed by atoms with Crippen LogP contribution in [-0.4, -0.2) is 37.0 Å². The molecule has 0 heterocycles. The fourth-order valence-corrected chi connectivity index (χ4v) is 2.47. The fraction of sp³-hybridized carbons (Fsp3) is 0.667. The molecular weight excluding hydrogens is 224 g/mol. The highest BCUT2D eigenvalue weighted by Gasteiger charge is 2.21. The van der Waals surface area contributed by atoms with Crippen LogP contribution in [0.25, 0.3) is 0 Å². The minimum Gasteiger partial charge on any atom is -0.351 e. The number of hydrogen-bond acceptors (Lipinski definition) is 2. The number of hydrogen-bond donors (Lipinski definition) is 1. The number of likely N-dealkylation sites (N-methyl/N-ethyl adjacent to an activating group) is 1. The van der Waals surface area contributed by atoms with Crippen molar-refractivity contribution in [1.29, 1.82) is 0 Å². The molecule has 0 fully saturated rings. The van der Waals surface area contributed by atoms with Crippen molar-refractivity contribution in [3.8, 4) is 0 Å². The number of amides is 1. The molecule has 0 aromatic rings. The molecule has 0 aromatic heterocycles. The molecule has 0 unspecified atom stereocenters. The van der Waals surface area contributed by atoms with E-state index in [9.17, 15) is 4.79 Å². The molecule has 18 heavy (non-hydrogen) atoms. The summed E-state index contributed by atoms with van der Waals surface area (Å²) in [6.07, 6.45) is 0.949. The normalized spacial score (nSPS) is 15.9. The first-order valence-electron chi connectivity index (χ1n) is 6.88. The maximum atomic E-state index is 12.1. The predicted octanol–water partition coefficient (Wildman–Crippen LogP) is 2.50. The van der Waals surface area contributed by atoms with Gasteiger partial charge in [-0.15, -0.1) is 0 Å². The standard InChI is InChI=1S/C15H26N2O/c1-6-17(7-2)9-8-16-15(18)14-12(4)10-11(3)13(14)5/h6-10H2,1-5H3,(H,16,18). The third kappa shape index (κ3) is 3.45. The molecule has 0 aromatic carbocycles. The lowest BCUT2D eigenvalue weighted by Gasteiger charge is -2.18. The molecule has 0 aliphatic heterocycles. The highest BCUT2D eigenvalue weighted by molar-refractivity contribution is 5.99. The zero-order chi connectivity index (χ0) is 13.7. The van der Waals surface area contributed by atoms with Gasteiger partial charge in [-0.25, -0.2) is 0 Å². The van der Waals surface area contributed by atoms with E-state index in [0.29, 0.717) is 0 Å². The third-order valence-electron chi connectivity index (χ3n) is 3.81. The second-order valence-corrected chi connectivity index (χ2v) is 5.02. The van der Waals surface area contributed by atoms with Crippen LogP contribution in [0, 0.1) is 0 Å². The molecule has 102 valence electrons. The molecule has 1 aliphatic carbocycles. The van der Waals surface area contributed by atoms with E-state index in [1.54, 1.807) is 0 Å². The lowest BCUT2D eigenvalue weighted by Crippen LogP contribution is -2.35. The van der Waals surface area contributed by atoms with E-state index in [4.69, 9.17) is 0 Å². The van der Waals surface area contributed by atoms with Gasteiger partial charge in [0.2, 0.25) is 0 Å². The topological polar surface area (TPSA) is 32.3 Å². The van der Waals surface area contributed by atoms with Crippen molar-refractivity contribution in [2.24, 2.45) is 0 Å². The Balaban J connectivity index is 2.50. The summed E-state index contributed by atoms with van der Waals surface area (Å²) in [4.78, 5) is 14.5. The largest absolute Gasteiger partial charge is 0.351 e. The molecule has 0 radical (unpaired) electrons. The summed E-state index contributed by atoms with van der Waals surface area (Å²) in [7, 11) is 0. The Morgan fingerprint density at radius 1 is 1.17 bits per heavy atom. The van der Waals surface area contributed by atoms with Crippen LogP contribution in [0.15, 0.2) is 22.3 Å². The van der Waals surface area contributed by atoms with Gasteiger partial charge in [0.15, 0.2) is 0 Å². The first-order chi connectivity index (χ1) is 8.51. The van der Waals surface area contributed by atoms with Crippen LogP contribution < -0.4 is 5.32 Å². The van der Waals surface area contributed by atoms with Gasteiger partial charge in [-0.2, -0.15) is 0 Å². The van der Waals surface area contributed by atoms with Crippen molar-refractivity contribution in [3.63, 3.8) is 0 Å². The highest BCUT2D eigenvalue weighted by atomic mass is 16.1. The minimum atomic E-state index is 0.0917. The first kappa shape index (κ1) is 15.0. The molecule has 0 bridgehead atoms. The molecule has 0 atom stereocenters. The van der Waals surface area contributed by atoms with Gasteiger partial charge < -0.3 is 10.2 Å².